The highest BCUT2D eigenvalue weighted by molar-refractivity contribution is 5.48. The Hall–Kier alpha value is -1.26. The largest absolute Gasteiger partial charge is 0.494 e. The molecule has 4 heteroatoms. The first-order chi connectivity index (χ1) is 9.15. The molecular formula is C15H22N2O2. The van der Waals surface area contributed by atoms with Gasteiger partial charge in [0.1, 0.15) is 17.6 Å². The van der Waals surface area contributed by atoms with Crippen LogP contribution in [0.2, 0.25) is 0 Å². The van der Waals surface area contributed by atoms with E-state index in [1.54, 1.807) is 0 Å². The van der Waals surface area contributed by atoms with Crippen molar-refractivity contribution in [3.8, 4) is 11.5 Å². The Labute approximate surface area is 114 Å². The van der Waals surface area contributed by atoms with Crippen molar-refractivity contribution in [2.75, 3.05) is 19.7 Å². The van der Waals surface area contributed by atoms with Gasteiger partial charge in [0.05, 0.1) is 6.61 Å². The maximum atomic E-state index is 5.84. The van der Waals surface area contributed by atoms with E-state index in [1.165, 1.54) is 11.1 Å². The Morgan fingerprint density at radius 3 is 2.89 bits per heavy atom. The molecule has 104 valence electrons. The normalized spacial score (nSPS) is 22.8. The Balaban J connectivity index is 1.82. The number of nitrogens with two attached hydrogens (primary N) is 1. The van der Waals surface area contributed by atoms with Gasteiger partial charge in [-0.1, -0.05) is 0 Å². The van der Waals surface area contributed by atoms with Gasteiger partial charge >= 0.3 is 0 Å². The van der Waals surface area contributed by atoms with E-state index < -0.39 is 0 Å². The fourth-order valence-electron chi connectivity index (χ4n) is 2.87. The summed E-state index contributed by atoms with van der Waals surface area (Å²) in [6.45, 7) is 7.67. The van der Waals surface area contributed by atoms with Crippen molar-refractivity contribution in [2.45, 2.75) is 39.0 Å². The molecule has 0 aromatic heterocycles. The molecule has 4 nitrogen and oxygen atoms in total. The molecule has 2 aliphatic heterocycles. The summed E-state index contributed by atoms with van der Waals surface area (Å²) < 4.78 is 11.6. The lowest BCUT2D eigenvalue weighted by Crippen LogP contribution is -2.54. The van der Waals surface area contributed by atoms with Crippen LogP contribution in [0.5, 0.6) is 11.5 Å². The third-order valence-corrected chi connectivity index (χ3v) is 3.76. The second-order valence-corrected chi connectivity index (χ2v) is 5.59. The number of benzene rings is 1. The molecule has 19 heavy (non-hydrogen) atoms. The summed E-state index contributed by atoms with van der Waals surface area (Å²) in [6.07, 6.45) is 1.25. The molecule has 0 aliphatic carbocycles. The summed E-state index contributed by atoms with van der Waals surface area (Å²) in [7, 11) is 0. The first-order valence-electron chi connectivity index (χ1n) is 7.09. The van der Waals surface area contributed by atoms with Crippen molar-refractivity contribution in [3.63, 3.8) is 0 Å². The van der Waals surface area contributed by atoms with Crippen LogP contribution in [0.15, 0.2) is 12.1 Å². The zero-order valence-electron chi connectivity index (χ0n) is 11.7. The standard InChI is InChI=1S/C15H22N2O2/c1-3-18-14-5-11-4-10(2)19-15(11)6-12(14)7-17-8-13(16)9-17/h5-6,10,13H,3-4,7-9,16H2,1-2H3. The van der Waals surface area contributed by atoms with Crippen LogP contribution < -0.4 is 15.2 Å². The van der Waals surface area contributed by atoms with E-state index in [0.717, 1.165) is 37.6 Å². The first kappa shape index (κ1) is 12.8. The quantitative estimate of drug-likeness (QED) is 0.894. The van der Waals surface area contributed by atoms with Crippen LogP contribution in [0.1, 0.15) is 25.0 Å². The minimum atomic E-state index is 0.275. The van der Waals surface area contributed by atoms with Gasteiger partial charge in [-0.15, -0.1) is 0 Å². The van der Waals surface area contributed by atoms with Crippen molar-refractivity contribution in [1.29, 1.82) is 0 Å². The highest BCUT2D eigenvalue weighted by Crippen LogP contribution is 2.36. The molecule has 2 N–H and O–H groups in total. The topological polar surface area (TPSA) is 47.7 Å². The molecule has 1 unspecified atom stereocenters. The van der Waals surface area contributed by atoms with Crippen molar-refractivity contribution in [1.82, 2.24) is 4.90 Å². The average Bonchev–Trinajstić information content (AvgIpc) is 2.67. The first-order valence-corrected chi connectivity index (χ1v) is 7.09. The number of rotatable bonds is 4. The van der Waals surface area contributed by atoms with Crippen molar-refractivity contribution >= 4 is 0 Å². The predicted molar refractivity (Wildman–Crippen MR) is 74.7 cm³/mol. The lowest BCUT2D eigenvalue weighted by Gasteiger charge is -2.37. The van der Waals surface area contributed by atoms with Gasteiger partial charge in [0.25, 0.3) is 0 Å². The Bertz CT molecular complexity index is 469. The maximum absolute atomic E-state index is 5.84. The molecule has 1 aromatic carbocycles. The maximum Gasteiger partial charge on any atom is 0.124 e. The minimum Gasteiger partial charge on any atom is -0.494 e. The molecule has 2 heterocycles. The van der Waals surface area contributed by atoms with Crippen LogP contribution in [0, 0.1) is 0 Å². The van der Waals surface area contributed by atoms with Crippen molar-refractivity contribution in [2.24, 2.45) is 5.73 Å². The number of hydrogen-bond donors (Lipinski definition) is 1. The number of fused-ring (bicyclic) bond motifs is 1. The average molecular weight is 262 g/mol. The van der Waals surface area contributed by atoms with E-state index in [9.17, 15) is 0 Å². The number of ether oxygens (including phenoxy) is 2. The Kier molecular flexibility index (Phi) is 3.37. The van der Waals surface area contributed by atoms with Crippen molar-refractivity contribution in [3.05, 3.63) is 23.3 Å². The third-order valence-electron chi connectivity index (χ3n) is 3.76. The second kappa shape index (κ2) is 5.02. The fourth-order valence-corrected chi connectivity index (χ4v) is 2.87. The molecule has 1 aromatic rings. The smallest absolute Gasteiger partial charge is 0.124 e. The molecule has 1 saturated heterocycles. The van der Waals surface area contributed by atoms with Crippen molar-refractivity contribution < 1.29 is 9.47 Å². The van der Waals surface area contributed by atoms with Crippen LogP contribution in [0.3, 0.4) is 0 Å². The predicted octanol–water partition coefficient (Wildman–Crippen LogP) is 1.55. The highest BCUT2D eigenvalue weighted by atomic mass is 16.5. The summed E-state index contributed by atoms with van der Waals surface area (Å²) in [5, 5.41) is 0. The molecular weight excluding hydrogens is 240 g/mol. The lowest BCUT2D eigenvalue weighted by molar-refractivity contribution is 0.140. The zero-order valence-corrected chi connectivity index (χ0v) is 11.7. The SMILES string of the molecule is CCOc1cc2c(cc1CN1CC(N)C1)OC(C)C2. The Morgan fingerprint density at radius 2 is 2.21 bits per heavy atom. The van der Waals surface area contributed by atoms with Gasteiger partial charge in [-0.25, -0.2) is 0 Å². The summed E-state index contributed by atoms with van der Waals surface area (Å²) >= 11 is 0. The van der Waals surface area contributed by atoms with E-state index in [0.29, 0.717) is 12.6 Å². The van der Waals surface area contributed by atoms with Gasteiger partial charge in [-0.05, 0) is 26.0 Å². The van der Waals surface area contributed by atoms with Crippen LogP contribution in [-0.2, 0) is 13.0 Å². The van der Waals surface area contributed by atoms with Gasteiger partial charge in [-0.2, -0.15) is 0 Å². The molecule has 0 amide bonds. The van der Waals surface area contributed by atoms with Gasteiger partial charge in [0, 0.05) is 43.2 Å². The van der Waals surface area contributed by atoms with Crippen LogP contribution >= 0.6 is 0 Å². The second-order valence-electron chi connectivity index (χ2n) is 5.59. The van der Waals surface area contributed by atoms with E-state index >= 15 is 0 Å². The van der Waals surface area contributed by atoms with Gasteiger partial charge < -0.3 is 15.2 Å². The molecule has 1 fully saturated rings. The number of likely N-dealkylation sites (tertiary alicyclic amines) is 1. The zero-order chi connectivity index (χ0) is 13.4. The van der Waals surface area contributed by atoms with Gasteiger partial charge in [0.15, 0.2) is 0 Å². The summed E-state index contributed by atoms with van der Waals surface area (Å²) in [5.74, 6) is 2.02. The van der Waals surface area contributed by atoms with Crippen LogP contribution in [0.4, 0.5) is 0 Å². The molecule has 0 bridgehead atoms. The van der Waals surface area contributed by atoms with Crippen LogP contribution in [0.25, 0.3) is 0 Å². The Morgan fingerprint density at radius 1 is 1.42 bits per heavy atom. The molecule has 1 atom stereocenters. The summed E-state index contributed by atoms with van der Waals surface area (Å²) in [5.41, 5.74) is 8.30. The van der Waals surface area contributed by atoms with Gasteiger partial charge in [0.2, 0.25) is 0 Å². The molecule has 3 rings (SSSR count). The summed E-state index contributed by atoms with van der Waals surface area (Å²) in [4.78, 5) is 2.34. The number of hydrogen-bond acceptors (Lipinski definition) is 4. The fraction of sp³-hybridized carbons (Fsp3) is 0.600. The molecule has 0 radical (unpaired) electrons. The third kappa shape index (κ3) is 2.55. The van der Waals surface area contributed by atoms with E-state index in [1.807, 2.05) is 6.92 Å². The summed E-state index contributed by atoms with van der Waals surface area (Å²) in [6, 6.07) is 4.63. The number of nitrogens with zero attached hydrogens (tertiary/aromatic N) is 1. The highest BCUT2D eigenvalue weighted by Gasteiger charge is 2.26. The van der Waals surface area contributed by atoms with E-state index in [4.69, 9.17) is 15.2 Å². The monoisotopic (exact) mass is 262 g/mol. The molecule has 0 saturated carbocycles. The van der Waals surface area contributed by atoms with E-state index in [2.05, 4.69) is 24.0 Å². The van der Waals surface area contributed by atoms with E-state index in [-0.39, 0.29) is 6.10 Å². The minimum absolute atomic E-state index is 0.275. The lowest BCUT2D eigenvalue weighted by atomic mass is 10.0. The van der Waals surface area contributed by atoms with Gasteiger partial charge in [-0.3, -0.25) is 4.90 Å². The van der Waals surface area contributed by atoms with Crippen LogP contribution in [-0.4, -0.2) is 36.7 Å². The molecule has 2 aliphatic rings. The molecule has 0 spiro atoms.